The van der Waals surface area contributed by atoms with Gasteiger partial charge in [-0.3, -0.25) is 4.31 Å². The van der Waals surface area contributed by atoms with Gasteiger partial charge in [-0.05, 0) is 12.5 Å². The van der Waals surface area contributed by atoms with E-state index >= 15 is 0 Å². The fraction of sp³-hybridized carbons (Fsp3) is 0.333. The zero-order valence-electron chi connectivity index (χ0n) is 8.18. The Balaban J connectivity index is 3.07. The summed E-state index contributed by atoms with van der Waals surface area (Å²) < 4.78 is 59.6. The second-order valence-electron chi connectivity index (χ2n) is 3.10. The number of nitrogens with zero attached hydrogens (tertiary/aromatic N) is 1. The van der Waals surface area contributed by atoms with Gasteiger partial charge in [0.1, 0.15) is 0 Å². The first-order valence-electron chi connectivity index (χ1n) is 4.36. The van der Waals surface area contributed by atoms with E-state index in [1.807, 2.05) is 0 Å². The van der Waals surface area contributed by atoms with Gasteiger partial charge < -0.3 is 0 Å². The second-order valence-corrected chi connectivity index (χ2v) is 4.93. The van der Waals surface area contributed by atoms with Crippen molar-refractivity contribution in [3.05, 3.63) is 37.1 Å². The van der Waals surface area contributed by atoms with Crippen LogP contribution >= 0.6 is 0 Å². The highest BCUT2D eigenvalue weighted by molar-refractivity contribution is 7.90. The van der Waals surface area contributed by atoms with Crippen molar-refractivity contribution in [2.75, 3.05) is 0 Å². The first kappa shape index (κ1) is 12.8. The van der Waals surface area contributed by atoms with Crippen LogP contribution in [0.25, 0.3) is 0 Å². The van der Waals surface area contributed by atoms with Crippen LogP contribution in [0.4, 0.5) is 13.2 Å². The molecule has 0 saturated carbocycles. The van der Waals surface area contributed by atoms with Gasteiger partial charge in [-0.25, -0.2) is 0 Å². The van der Waals surface area contributed by atoms with Gasteiger partial charge in [-0.2, -0.15) is 21.6 Å². The van der Waals surface area contributed by atoms with Gasteiger partial charge in [-0.1, -0.05) is 18.2 Å². The average Bonchev–Trinajstić information content (AvgIpc) is 2.17. The van der Waals surface area contributed by atoms with E-state index in [2.05, 4.69) is 6.58 Å². The standard InChI is InChI=1S/C9H10F3NO2S/c1-2-5-8-6-3-4-7-13(8)16(14,15)9(10,11)12/h2-4,6-8H,1,5H2. The Labute approximate surface area is 91.6 Å². The molecule has 1 unspecified atom stereocenters. The summed E-state index contributed by atoms with van der Waals surface area (Å²) in [5, 5.41) is 0. The van der Waals surface area contributed by atoms with E-state index < -0.39 is 21.6 Å². The third kappa shape index (κ3) is 2.29. The molecule has 16 heavy (non-hydrogen) atoms. The number of rotatable bonds is 3. The molecule has 0 saturated heterocycles. The van der Waals surface area contributed by atoms with Crippen LogP contribution in [0.3, 0.4) is 0 Å². The number of allylic oxidation sites excluding steroid dienone is 2. The van der Waals surface area contributed by atoms with Gasteiger partial charge in [0.2, 0.25) is 0 Å². The van der Waals surface area contributed by atoms with Crippen LogP contribution < -0.4 is 0 Å². The maximum absolute atomic E-state index is 12.3. The van der Waals surface area contributed by atoms with Crippen LogP contribution in [0.5, 0.6) is 0 Å². The molecule has 0 amide bonds. The van der Waals surface area contributed by atoms with Gasteiger partial charge in [-0.15, -0.1) is 6.58 Å². The number of hydrogen-bond donors (Lipinski definition) is 0. The van der Waals surface area contributed by atoms with Crippen molar-refractivity contribution in [1.82, 2.24) is 4.31 Å². The van der Waals surface area contributed by atoms with E-state index in [4.69, 9.17) is 0 Å². The van der Waals surface area contributed by atoms with Crippen LogP contribution in [0.2, 0.25) is 0 Å². The Bertz CT molecular complexity index is 423. The third-order valence-electron chi connectivity index (χ3n) is 1.98. The zero-order valence-corrected chi connectivity index (χ0v) is 9.00. The molecule has 0 aromatic carbocycles. The Hall–Kier alpha value is -1.24. The highest BCUT2D eigenvalue weighted by Crippen LogP contribution is 2.30. The van der Waals surface area contributed by atoms with E-state index in [0.717, 1.165) is 6.20 Å². The molecular formula is C9H10F3NO2S. The minimum absolute atomic E-state index is 0.121. The molecule has 0 aromatic rings. The summed E-state index contributed by atoms with van der Waals surface area (Å²) in [5.74, 6) is 0. The topological polar surface area (TPSA) is 37.4 Å². The molecule has 0 spiro atoms. The fourth-order valence-corrected chi connectivity index (χ4v) is 2.24. The summed E-state index contributed by atoms with van der Waals surface area (Å²) in [6.45, 7) is 3.37. The Morgan fingerprint density at radius 1 is 1.38 bits per heavy atom. The number of alkyl halides is 3. The maximum Gasteiger partial charge on any atom is 0.516 e. The van der Waals surface area contributed by atoms with Gasteiger partial charge in [0.25, 0.3) is 0 Å². The van der Waals surface area contributed by atoms with Crippen molar-refractivity contribution in [3.63, 3.8) is 0 Å². The molecule has 0 radical (unpaired) electrons. The molecule has 1 aliphatic heterocycles. The van der Waals surface area contributed by atoms with E-state index in [1.165, 1.54) is 24.3 Å². The molecule has 1 atom stereocenters. The lowest BCUT2D eigenvalue weighted by atomic mass is 10.1. The molecule has 1 aliphatic rings. The second kappa shape index (κ2) is 4.32. The third-order valence-corrected chi connectivity index (χ3v) is 3.51. The van der Waals surface area contributed by atoms with E-state index in [1.54, 1.807) is 0 Å². The predicted octanol–water partition coefficient (Wildman–Crippen LogP) is 2.17. The zero-order chi connectivity index (χ0) is 12.4. The summed E-state index contributed by atoms with van der Waals surface area (Å²) in [7, 11) is -5.32. The van der Waals surface area contributed by atoms with Crippen molar-refractivity contribution in [3.8, 4) is 0 Å². The minimum Gasteiger partial charge on any atom is -0.263 e. The van der Waals surface area contributed by atoms with Crippen LogP contribution in [-0.4, -0.2) is 24.3 Å². The molecule has 1 heterocycles. The van der Waals surface area contributed by atoms with E-state index in [-0.39, 0.29) is 6.42 Å². The number of hydrogen-bond acceptors (Lipinski definition) is 2. The van der Waals surface area contributed by atoms with Gasteiger partial charge >= 0.3 is 15.5 Å². The summed E-state index contributed by atoms with van der Waals surface area (Å²) in [6.07, 6.45) is 6.50. The monoisotopic (exact) mass is 253 g/mol. The average molecular weight is 253 g/mol. The van der Waals surface area contributed by atoms with Gasteiger partial charge in [0.05, 0.1) is 6.04 Å². The molecule has 0 fully saturated rings. The quantitative estimate of drug-likeness (QED) is 0.723. The molecule has 7 heteroatoms. The highest BCUT2D eigenvalue weighted by atomic mass is 32.2. The largest absolute Gasteiger partial charge is 0.516 e. The van der Waals surface area contributed by atoms with Crippen LogP contribution in [0, 0.1) is 0 Å². The van der Waals surface area contributed by atoms with Crippen LogP contribution in [0.1, 0.15) is 6.42 Å². The molecule has 1 rings (SSSR count). The molecular weight excluding hydrogens is 243 g/mol. The lowest BCUT2D eigenvalue weighted by Gasteiger charge is -2.29. The molecule has 0 bridgehead atoms. The van der Waals surface area contributed by atoms with Crippen molar-refractivity contribution in [2.45, 2.75) is 18.0 Å². The normalized spacial score (nSPS) is 21.2. The van der Waals surface area contributed by atoms with Crippen molar-refractivity contribution < 1.29 is 21.6 Å². The van der Waals surface area contributed by atoms with Crippen molar-refractivity contribution in [2.24, 2.45) is 0 Å². The fourth-order valence-electron chi connectivity index (χ4n) is 1.25. The maximum atomic E-state index is 12.3. The Morgan fingerprint density at radius 2 is 2.00 bits per heavy atom. The molecule has 0 N–H and O–H groups in total. The molecule has 90 valence electrons. The Kier molecular flexibility index (Phi) is 3.47. The SMILES string of the molecule is C=CCC1C=CC=CN1S(=O)(=O)C(F)(F)F. The first-order chi connectivity index (χ1) is 7.30. The van der Waals surface area contributed by atoms with Crippen molar-refractivity contribution in [1.29, 1.82) is 0 Å². The molecule has 3 nitrogen and oxygen atoms in total. The first-order valence-corrected chi connectivity index (χ1v) is 5.80. The summed E-state index contributed by atoms with van der Waals surface area (Å²) in [6, 6.07) is -0.867. The smallest absolute Gasteiger partial charge is 0.263 e. The van der Waals surface area contributed by atoms with Crippen LogP contribution in [0.15, 0.2) is 37.1 Å². The molecule has 0 aromatic heterocycles. The highest BCUT2D eigenvalue weighted by Gasteiger charge is 2.50. The van der Waals surface area contributed by atoms with Gasteiger partial charge in [0, 0.05) is 6.20 Å². The lowest BCUT2D eigenvalue weighted by molar-refractivity contribution is -0.0482. The minimum atomic E-state index is -5.32. The predicted molar refractivity (Wildman–Crippen MR) is 53.7 cm³/mol. The molecule has 0 aliphatic carbocycles. The van der Waals surface area contributed by atoms with E-state index in [0.29, 0.717) is 4.31 Å². The van der Waals surface area contributed by atoms with Gasteiger partial charge in [0.15, 0.2) is 0 Å². The lowest BCUT2D eigenvalue weighted by Crippen LogP contribution is -2.43. The number of halogens is 3. The number of sulfonamides is 1. The summed E-state index contributed by atoms with van der Waals surface area (Å²) >= 11 is 0. The van der Waals surface area contributed by atoms with E-state index in [9.17, 15) is 21.6 Å². The van der Waals surface area contributed by atoms with Crippen molar-refractivity contribution >= 4 is 10.0 Å². The van der Waals surface area contributed by atoms with Crippen LogP contribution in [-0.2, 0) is 10.0 Å². The summed E-state index contributed by atoms with van der Waals surface area (Å²) in [5.41, 5.74) is -5.29. The Morgan fingerprint density at radius 3 is 2.50 bits per heavy atom. The summed E-state index contributed by atoms with van der Waals surface area (Å²) in [4.78, 5) is 0.